The van der Waals surface area contributed by atoms with Crippen LogP contribution in [0.25, 0.3) is 0 Å². The number of hydrogen-bond donors (Lipinski definition) is 4. The number of nitrogens with zero attached hydrogens (tertiary/aromatic N) is 1. The maximum atomic E-state index is 11.4. The molecule has 7 nitrogen and oxygen atoms in total. The lowest BCUT2D eigenvalue weighted by atomic mass is 10.1. The van der Waals surface area contributed by atoms with Gasteiger partial charge in [0.05, 0.1) is 5.56 Å². The average molecular weight is 240 g/mol. The van der Waals surface area contributed by atoms with Crippen molar-refractivity contribution >= 4 is 11.9 Å². The SMILES string of the molecule is CNC(=O)CCCCc1c(O)nc(N)[nH]c1=O. The van der Waals surface area contributed by atoms with Crippen LogP contribution in [-0.4, -0.2) is 28.0 Å². The van der Waals surface area contributed by atoms with Gasteiger partial charge in [0.25, 0.3) is 5.56 Å². The zero-order valence-electron chi connectivity index (χ0n) is 9.62. The molecule has 0 saturated heterocycles. The average Bonchev–Trinajstić information content (AvgIpc) is 2.26. The van der Waals surface area contributed by atoms with Crippen LogP contribution in [0.4, 0.5) is 5.95 Å². The minimum atomic E-state index is -0.435. The summed E-state index contributed by atoms with van der Waals surface area (Å²) in [6.07, 6.45) is 2.03. The molecule has 1 amide bonds. The number of amides is 1. The summed E-state index contributed by atoms with van der Waals surface area (Å²) in [4.78, 5) is 28.2. The van der Waals surface area contributed by atoms with Gasteiger partial charge < -0.3 is 16.2 Å². The maximum Gasteiger partial charge on any atom is 0.259 e. The molecule has 0 unspecified atom stereocenters. The van der Waals surface area contributed by atoms with Crippen molar-refractivity contribution in [2.75, 3.05) is 12.8 Å². The summed E-state index contributed by atoms with van der Waals surface area (Å²) in [6, 6.07) is 0. The van der Waals surface area contributed by atoms with Gasteiger partial charge in [-0.2, -0.15) is 4.98 Å². The number of rotatable bonds is 5. The van der Waals surface area contributed by atoms with Crippen LogP contribution in [0.5, 0.6) is 5.88 Å². The number of nitrogens with two attached hydrogens (primary N) is 1. The number of aromatic amines is 1. The van der Waals surface area contributed by atoms with E-state index < -0.39 is 5.56 Å². The Morgan fingerprint density at radius 3 is 2.82 bits per heavy atom. The molecular formula is C10H16N4O3. The van der Waals surface area contributed by atoms with Crippen molar-refractivity contribution in [1.29, 1.82) is 0 Å². The monoisotopic (exact) mass is 240 g/mol. The first-order chi connectivity index (χ1) is 8.04. The van der Waals surface area contributed by atoms with E-state index in [2.05, 4.69) is 15.3 Å². The third-order valence-electron chi connectivity index (χ3n) is 2.37. The highest BCUT2D eigenvalue weighted by Crippen LogP contribution is 2.12. The molecule has 0 atom stereocenters. The first-order valence-electron chi connectivity index (χ1n) is 5.32. The van der Waals surface area contributed by atoms with Gasteiger partial charge in [-0.15, -0.1) is 0 Å². The quantitative estimate of drug-likeness (QED) is 0.518. The summed E-state index contributed by atoms with van der Waals surface area (Å²) in [7, 11) is 1.57. The third-order valence-corrected chi connectivity index (χ3v) is 2.37. The molecule has 0 saturated carbocycles. The normalized spacial score (nSPS) is 10.2. The zero-order chi connectivity index (χ0) is 12.8. The van der Waals surface area contributed by atoms with Gasteiger partial charge >= 0.3 is 0 Å². The molecule has 17 heavy (non-hydrogen) atoms. The fourth-order valence-corrected chi connectivity index (χ4v) is 1.44. The Morgan fingerprint density at radius 2 is 2.24 bits per heavy atom. The summed E-state index contributed by atoms with van der Waals surface area (Å²) < 4.78 is 0. The molecule has 5 N–H and O–H groups in total. The van der Waals surface area contributed by atoms with Crippen molar-refractivity contribution < 1.29 is 9.90 Å². The van der Waals surface area contributed by atoms with E-state index in [0.29, 0.717) is 25.7 Å². The van der Waals surface area contributed by atoms with E-state index in [-0.39, 0.29) is 23.3 Å². The Bertz CT molecular complexity index is 455. The molecule has 94 valence electrons. The molecule has 0 spiro atoms. The predicted molar refractivity (Wildman–Crippen MR) is 62.6 cm³/mol. The van der Waals surface area contributed by atoms with Crippen LogP contribution in [0.2, 0.25) is 0 Å². The molecule has 1 rings (SSSR count). The number of H-pyrrole nitrogens is 1. The number of hydrogen-bond acceptors (Lipinski definition) is 5. The Kier molecular flexibility index (Phi) is 4.50. The Labute approximate surface area is 98.1 Å². The lowest BCUT2D eigenvalue weighted by Gasteiger charge is -2.03. The largest absolute Gasteiger partial charge is 0.493 e. The first kappa shape index (κ1) is 13.0. The molecule has 0 radical (unpaired) electrons. The molecule has 0 aliphatic carbocycles. The van der Waals surface area contributed by atoms with Crippen molar-refractivity contribution in [3.63, 3.8) is 0 Å². The molecule has 0 aliphatic heterocycles. The molecule has 0 aromatic carbocycles. The number of carbonyl (C=O) groups excluding carboxylic acids is 1. The Balaban J connectivity index is 2.53. The van der Waals surface area contributed by atoms with Gasteiger partial charge in [-0.05, 0) is 19.3 Å². The van der Waals surface area contributed by atoms with E-state index in [0.717, 1.165) is 0 Å². The number of unbranched alkanes of at least 4 members (excludes halogenated alkanes) is 1. The van der Waals surface area contributed by atoms with Gasteiger partial charge in [0.1, 0.15) is 0 Å². The minimum Gasteiger partial charge on any atom is -0.493 e. The van der Waals surface area contributed by atoms with Crippen LogP contribution in [0.1, 0.15) is 24.8 Å². The van der Waals surface area contributed by atoms with Crippen LogP contribution in [-0.2, 0) is 11.2 Å². The summed E-state index contributed by atoms with van der Waals surface area (Å²) in [6.45, 7) is 0. The van der Waals surface area contributed by atoms with Crippen molar-refractivity contribution in [3.05, 3.63) is 15.9 Å². The highest BCUT2D eigenvalue weighted by Gasteiger charge is 2.09. The van der Waals surface area contributed by atoms with Crippen LogP contribution >= 0.6 is 0 Å². The number of nitrogen functional groups attached to an aromatic ring is 1. The molecule has 1 heterocycles. The number of aromatic nitrogens is 2. The standard InChI is InChI=1S/C10H16N4O3/c1-12-7(15)5-3-2-4-6-8(16)13-10(11)14-9(6)17/h2-5H2,1H3,(H,12,15)(H4,11,13,14,16,17). The number of carbonyl (C=O) groups is 1. The van der Waals surface area contributed by atoms with Crippen LogP contribution in [0.3, 0.4) is 0 Å². The minimum absolute atomic E-state index is 0.0430. The second-order valence-electron chi connectivity index (χ2n) is 3.63. The maximum absolute atomic E-state index is 11.4. The fourth-order valence-electron chi connectivity index (χ4n) is 1.44. The number of nitrogens with one attached hydrogen (secondary N) is 2. The molecule has 1 aromatic rings. The topological polar surface area (TPSA) is 121 Å². The van der Waals surface area contributed by atoms with E-state index in [1.807, 2.05) is 0 Å². The molecular weight excluding hydrogens is 224 g/mol. The number of aromatic hydroxyl groups is 1. The second-order valence-corrected chi connectivity index (χ2v) is 3.63. The van der Waals surface area contributed by atoms with Crippen LogP contribution < -0.4 is 16.6 Å². The Hall–Kier alpha value is -2.05. The van der Waals surface area contributed by atoms with Gasteiger partial charge in [-0.25, -0.2) is 0 Å². The zero-order valence-corrected chi connectivity index (χ0v) is 9.62. The molecule has 0 fully saturated rings. The van der Waals surface area contributed by atoms with Crippen LogP contribution in [0, 0.1) is 0 Å². The summed E-state index contributed by atoms with van der Waals surface area (Å²) in [5, 5.41) is 11.9. The molecule has 0 bridgehead atoms. The highest BCUT2D eigenvalue weighted by atomic mass is 16.3. The molecule has 1 aromatic heterocycles. The van der Waals surface area contributed by atoms with Gasteiger partial charge in [0.15, 0.2) is 0 Å². The van der Waals surface area contributed by atoms with Crippen LogP contribution in [0.15, 0.2) is 4.79 Å². The summed E-state index contributed by atoms with van der Waals surface area (Å²) in [5.41, 5.74) is 5.03. The van der Waals surface area contributed by atoms with E-state index in [1.54, 1.807) is 7.05 Å². The Morgan fingerprint density at radius 1 is 1.53 bits per heavy atom. The lowest BCUT2D eigenvalue weighted by molar-refractivity contribution is -0.120. The highest BCUT2D eigenvalue weighted by molar-refractivity contribution is 5.75. The van der Waals surface area contributed by atoms with Gasteiger partial charge in [-0.1, -0.05) is 0 Å². The third kappa shape index (κ3) is 3.78. The van der Waals surface area contributed by atoms with E-state index in [1.165, 1.54) is 0 Å². The van der Waals surface area contributed by atoms with Gasteiger partial charge in [0, 0.05) is 13.5 Å². The van der Waals surface area contributed by atoms with Crippen molar-refractivity contribution in [2.24, 2.45) is 0 Å². The fraction of sp³-hybridized carbons (Fsp3) is 0.500. The van der Waals surface area contributed by atoms with E-state index in [9.17, 15) is 14.7 Å². The second kappa shape index (κ2) is 5.88. The predicted octanol–water partition coefficient (Wildman–Crippen LogP) is -0.483. The lowest BCUT2D eigenvalue weighted by Crippen LogP contribution is -2.18. The summed E-state index contributed by atoms with van der Waals surface area (Å²) >= 11 is 0. The first-order valence-corrected chi connectivity index (χ1v) is 5.32. The summed E-state index contributed by atoms with van der Waals surface area (Å²) in [5.74, 6) is -0.494. The number of anilines is 1. The van der Waals surface area contributed by atoms with Crippen molar-refractivity contribution in [2.45, 2.75) is 25.7 Å². The smallest absolute Gasteiger partial charge is 0.259 e. The van der Waals surface area contributed by atoms with Gasteiger partial charge in [-0.3, -0.25) is 14.6 Å². The van der Waals surface area contributed by atoms with Crippen molar-refractivity contribution in [3.8, 4) is 5.88 Å². The molecule has 0 aliphatic rings. The van der Waals surface area contributed by atoms with E-state index >= 15 is 0 Å². The van der Waals surface area contributed by atoms with Crippen molar-refractivity contribution in [1.82, 2.24) is 15.3 Å². The van der Waals surface area contributed by atoms with Gasteiger partial charge in [0.2, 0.25) is 17.7 Å². The molecule has 7 heteroatoms. The van der Waals surface area contributed by atoms with E-state index in [4.69, 9.17) is 5.73 Å².